The molecular formula is C34H32P2. The molecule has 178 valence electrons. The maximum Gasteiger partial charge on any atom is -0.00674 e. The Morgan fingerprint density at radius 2 is 0.722 bits per heavy atom. The zero-order valence-corrected chi connectivity index (χ0v) is 23.2. The van der Waals surface area contributed by atoms with Crippen LogP contribution in [0.4, 0.5) is 0 Å². The van der Waals surface area contributed by atoms with Crippen molar-refractivity contribution in [1.82, 2.24) is 0 Å². The first-order valence-corrected chi connectivity index (χ1v) is 15.1. The average Bonchev–Trinajstić information content (AvgIpc) is 2.88. The summed E-state index contributed by atoms with van der Waals surface area (Å²) < 4.78 is 0. The van der Waals surface area contributed by atoms with Crippen LogP contribution in [0.25, 0.3) is 0 Å². The molecule has 0 aliphatic rings. The van der Waals surface area contributed by atoms with Gasteiger partial charge in [-0.2, -0.15) is 0 Å². The van der Waals surface area contributed by atoms with Gasteiger partial charge in [-0.25, -0.2) is 0 Å². The highest BCUT2D eigenvalue weighted by molar-refractivity contribution is 7.85. The lowest BCUT2D eigenvalue weighted by atomic mass is 10.2. The largest absolute Gasteiger partial charge is 0.0620 e. The van der Waals surface area contributed by atoms with Crippen LogP contribution in [-0.4, -0.2) is 0 Å². The lowest BCUT2D eigenvalue weighted by Crippen LogP contribution is -2.35. The third kappa shape index (κ3) is 5.08. The van der Waals surface area contributed by atoms with Crippen LogP contribution >= 0.6 is 15.8 Å². The van der Waals surface area contributed by atoms with Crippen LogP contribution in [0.15, 0.2) is 121 Å². The molecule has 2 atom stereocenters. The van der Waals surface area contributed by atoms with Gasteiger partial charge in [-0.05, 0) is 86.5 Å². The van der Waals surface area contributed by atoms with E-state index in [1.165, 1.54) is 54.1 Å². The van der Waals surface area contributed by atoms with Crippen molar-refractivity contribution in [2.45, 2.75) is 27.7 Å². The van der Waals surface area contributed by atoms with Crippen molar-refractivity contribution in [1.29, 1.82) is 0 Å². The van der Waals surface area contributed by atoms with Crippen LogP contribution in [0.3, 0.4) is 0 Å². The first-order chi connectivity index (χ1) is 17.5. The van der Waals surface area contributed by atoms with Crippen molar-refractivity contribution >= 4 is 47.7 Å². The van der Waals surface area contributed by atoms with E-state index < -0.39 is 15.8 Å². The summed E-state index contributed by atoms with van der Waals surface area (Å²) in [4.78, 5) is 0. The lowest BCUT2D eigenvalue weighted by molar-refractivity contribution is 1.49. The van der Waals surface area contributed by atoms with Crippen LogP contribution in [0, 0.1) is 27.7 Å². The topological polar surface area (TPSA) is 0 Å². The maximum absolute atomic E-state index is 2.39. The van der Waals surface area contributed by atoms with Gasteiger partial charge in [0.2, 0.25) is 0 Å². The van der Waals surface area contributed by atoms with E-state index in [4.69, 9.17) is 0 Å². The van der Waals surface area contributed by atoms with E-state index in [0.717, 1.165) is 0 Å². The van der Waals surface area contributed by atoms with Gasteiger partial charge in [0.1, 0.15) is 0 Å². The molecule has 0 radical (unpaired) electrons. The summed E-state index contributed by atoms with van der Waals surface area (Å²) in [5.41, 5.74) is 5.34. The standard InChI is InChI=1S/C34H32P2/c1-25-13-11-17-29(23-25)35(31-19-7-5-15-27(31)3)33-21-9-10-22-34(33)36(30-18-12-14-26(2)24-30)32-20-8-6-16-28(32)4/h5-24H,1-4H3. The quantitative estimate of drug-likeness (QED) is 0.235. The van der Waals surface area contributed by atoms with Crippen LogP contribution in [0.2, 0.25) is 0 Å². The summed E-state index contributed by atoms with van der Waals surface area (Å²) in [5, 5.41) is 8.63. The second kappa shape index (κ2) is 10.9. The molecule has 2 unspecified atom stereocenters. The highest BCUT2D eigenvalue weighted by Crippen LogP contribution is 2.40. The van der Waals surface area contributed by atoms with Gasteiger partial charge in [0.25, 0.3) is 0 Å². The molecule has 0 aliphatic heterocycles. The van der Waals surface area contributed by atoms with Crippen molar-refractivity contribution in [2.24, 2.45) is 0 Å². The van der Waals surface area contributed by atoms with Crippen molar-refractivity contribution in [3.8, 4) is 0 Å². The van der Waals surface area contributed by atoms with Crippen LogP contribution in [-0.2, 0) is 0 Å². The van der Waals surface area contributed by atoms with E-state index in [-0.39, 0.29) is 0 Å². The molecule has 2 heteroatoms. The smallest absolute Gasteiger partial charge is 0.00674 e. The monoisotopic (exact) mass is 502 g/mol. The summed E-state index contributed by atoms with van der Waals surface area (Å²) >= 11 is 0. The fraction of sp³-hybridized carbons (Fsp3) is 0.118. The Labute approximate surface area is 218 Å². The van der Waals surface area contributed by atoms with Crippen molar-refractivity contribution in [2.75, 3.05) is 0 Å². The van der Waals surface area contributed by atoms with Crippen molar-refractivity contribution in [3.63, 3.8) is 0 Å². The molecular weight excluding hydrogens is 470 g/mol. The molecule has 0 spiro atoms. The van der Waals surface area contributed by atoms with Crippen LogP contribution < -0.4 is 31.8 Å². The molecule has 0 amide bonds. The predicted octanol–water partition coefficient (Wildman–Crippen LogP) is 6.44. The number of hydrogen-bond donors (Lipinski definition) is 0. The molecule has 0 saturated heterocycles. The molecule has 0 nitrogen and oxygen atoms in total. The van der Waals surface area contributed by atoms with Gasteiger partial charge in [-0.3, -0.25) is 0 Å². The van der Waals surface area contributed by atoms with Gasteiger partial charge in [0.15, 0.2) is 0 Å². The number of aryl methyl sites for hydroxylation is 4. The minimum Gasteiger partial charge on any atom is -0.0620 e. The average molecular weight is 503 g/mol. The second-order valence-corrected chi connectivity index (χ2v) is 13.7. The Morgan fingerprint density at radius 3 is 1.08 bits per heavy atom. The van der Waals surface area contributed by atoms with E-state index in [1.54, 1.807) is 0 Å². The second-order valence-electron chi connectivity index (χ2n) is 9.41. The Bertz CT molecular complexity index is 1390. The third-order valence-corrected chi connectivity index (χ3v) is 12.1. The zero-order chi connectivity index (χ0) is 25.1. The Kier molecular flexibility index (Phi) is 7.48. The summed E-state index contributed by atoms with van der Waals surface area (Å²) in [6, 6.07) is 45.4. The molecule has 0 bridgehead atoms. The minimum atomic E-state index is -0.718. The normalized spacial score (nSPS) is 12.8. The molecule has 36 heavy (non-hydrogen) atoms. The van der Waals surface area contributed by atoms with Crippen LogP contribution in [0.5, 0.6) is 0 Å². The van der Waals surface area contributed by atoms with E-state index in [0.29, 0.717) is 0 Å². The highest BCUT2D eigenvalue weighted by Gasteiger charge is 2.27. The maximum atomic E-state index is 2.39. The summed E-state index contributed by atoms with van der Waals surface area (Å²) in [7, 11) is -1.44. The third-order valence-electron chi connectivity index (χ3n) is 6.60. The van der Waals surface area contributed by atoms with Gasteiger partial charge < -0.3 is 0 Å². The van der Waals surface area contributed by atoms with Crippen molar-refractivity contribution in [3.05, 3.63) is 144 Å². The summed E-state index contributed by atoms with van der Waals surface area (Å²) in [5.74, 6) is 0. The first kappa shape index (κ1) is 24.6. The van der Waals surface area contributed by atoms with Gasteiger partial charge in [0.05, 0.1) is 0 Å². The molecule has 0 N–H and O–H groups in total. The van der Waals surface area contributed by atoms with E-state index in [2.05, 4.69) is 149 Å². The Balaban J connectivity index is 1.81. The van der Waals surface area contributed by atoms with Crippen LogP contribution in [0.1, 0.15) is 22.3 Å². The van der Waals surface area contributed by atoms with E-state index in [9.17, 15) is 0 Å². The molecule has 0 fully saturated rings. The van der Waals surface area contributed by atoms with Gasteiger partial charge in [-0.15, -0.1) is 0 Å². The van der Waals surface area contributed by atoms with E-state index in [1.807, 2.05) is 0 Å². The fourth-order valence-electron chi connectivity index (χ4n) is 4.82. The Morgan fingerprint density at radius 1 is 0.361 bits per heavy atom. The molecule has 0 aliphatic carbocycles. The molecule has 0 heterocycles. The Hall–Kier alpha value is -3.04. The number of hydrogen-bond acceptors (Lipinski definition) is 0. The molecule has 5 rings (SSSR count). The predicted molar refractivity (Wildman–Crippen MR) is 163 cm³/mol. The fourth-order valence-corrected chi connectivity index (χ4v) is 10.6. The number of benzene rings is 5. The summed E-state index contributed by atoms with van der Waals surface area (Å²) in [6.07, 6.45) is 0. The van der Waals surface area contributed by atoms with E-state index >= 15 is 0 Å². The van der Waals surface area contributed by atoms with Gasteiger partial charge in [0, 0.05) is 0 Å². The van der Waals surface area contributed by atoms with Crippen molar-refractivity contribution < 1.29 is 0 Å². The lowest BCUT2D eigenvalue weighted by Gasteiger charge is -2.29. The molecule has 0 saturated carbocycles. The SMILES string of the molecule is Cc1cccc(P(c2ccccc2C)c2ccccc2P(c2cccc(C)c2)c2ccccc2C)c1. The van der Waals surface area contributed by atoms with Gasteiger partial charge in [-0.1, -0.05) is 132 Å². The molecule has 5 aromatic carbocycles. The highest BCUT2D eigenvalue weighted by atomic mass is 31.1. The summed E-state index contributed by atoms with van der Waals surface area (Å²) in [6.45, 7) is 8.92. The molecule has 5 aromatic rings. The zero-order valence-electron chi connectivity index (χ0n) is 21.4. The van der Waals surface area contributed by atoms with Gasteiger partial charge >= 0.3 is 0 Å². The molecule has 0 aromatic heterocycles. The minimum absolute atomic E-state index is 0.718. The first-order valence-electron chi connectivity index (χ1n) is 12.5. The number of rotatable bonds is 6.